The van der Waals surface area contributed by atoms with Gasteiger partial charge >= 0.3 is 6.18 Å². The van der Waals surface area contributed by atoms with E-state index in [-0.39, 0.29) is 43.5 Å². The van der Waals surface area contributed by atoms with Crippen molar-refractivity contribution < 1.29 is 27.5 Å². The van der Waals surface area contributed by atoms with Crippen LogP contribution in [0.3, 0.4) is 0 Å². The number of halogens is 3. The third-order valence-electron chi connectivity index (χ3n) is 8.31. The lowest BCUT2D eigenvalue weighted by Gasteiger charge is -2.30. The largest absolute Gasteiger partial charge is 0.484 e. The van der Waals surface area contributed by atoms with Crippen molar-refractivity contribution >= 4 is 17.5 Å². The van der Waals surface area contributed by atoms with Crippen LogP contribution in [0.25, 0.3) is 0 Å². The van der Waals surface area contributed by atoms with Crippen LogP contribution in [0.5, 0.6) is 5.75 Å². The highest BCUT2D eigenvalue weighted by Gasteiger charge is 2.38. The summed E-state index contributed by atoms with van der Waals surface area (Å²) in [4.78, 5) is 33.3. The van der Waals surface area contributed by atoms with Crippen LogP contribution in [0.2, 0.25) is 0 Å². The van der Waals surface area contributed by atoms with Crippen molar-refractivity contribution in [2.75, 3.05) is 37.7 Å². The Kier molecular flexibility index (Phi) is 9.62. The molecular formula is C33H40F3N5O3. The standard InChI is InChI=1S/C33H40F3N5O3/c1-23(2)38-15-8-16-40(31(43)22-44-27-11-5-4-6-12-27)32-24(3)9-7-10-26(32)20-39(18-17-38)30(42)21-41-28(25-13-14-25)19-29(37-41)33(34,35)36/h4-7,9-12,19,23,25H,8,13-18,20-22H2,1-3H3. The molecule has 0 spiro atoms. The highest BCUT2D eigenvalue weighted by molar-refractivity contribution is 5.96. The van der Waals surface area contributed by atoms with E-state index in [4.69, 9.17) is 4.74 Å². The van der Waals surface area contributed by atoms with Gasteiger partial charge in [0.15, 0.2) is 12.3 Å². The quantitative estimate of drug-likeness (QED) is 0.346. The van der Waals surface area contributed by atoms with Gasteiger partial charge in [0.1, 0.15) is 12.3 Å². The molecule has 0 radical (unpaired) electrons. The number of rotatable bonds is 7. The van der Waals surface area contributed by atoms with Crippen molar-refractivity contribution in [3.63, 3.8) is 0 Å². The summed E-state index contributed by atoms with van der Waals surface area (Å²) in [5, 5.41) is 3.82. The number of hydrogen-bond acceptors (Lipinski definition) is 5. The van der Waals surface area contributed by atoms with E-state index >= 15 is 0 Å². The van der Waals surface area contributed by atoms with E-state index in [1.165, 1.54) is 4.68 Å². The summed E-state index contributed by atoms with van der Waals surface area (Å²) in [6, 6.07) is 16.2. The van der Waals surface area contributed by atoms with Crippen LogP contribution in [0.15, 0.2) is 54.6 Å². The molecule has 1 fully saturated rings. The third-order valence-corrected chi connectivity index (χ3v) is 8.31. The van der Waals surface area contributed by atoms with Crippen molar-refractivity contribution in [2.24, 2.45) is 0 Å². The zero-order valence-electron chi connectivity index (χ0n) is 25.5. The lowest BCUT2D eigenvalue weighted by Crippen LogP contribution is -2.42. The minimum absolute atomic E-state index is 0.00792. The van der Waals surface area contributed by atoms with Gasteiger partial charge in [-0.05, 0) is 69.4 Å². The summed E-state index contributed by atoms with van der Waals surface area (Å²) in [6.45, 7) is 8.08. The van der Waals surface area contributed by atoms with Gasteiger partial charge in [-0.25, -0.2) is 0 Å². The number of hydrogen-bond donors (Lipinski definition) is 0. The molecule has 0 N–H and O–H groups in total. The summed E-state index contributed by atoms with van der Waals surface area (Å²) in [7, 11) is 0. The molecule has 11 heteroatoms. The maximum Gasteiger partial charge on any atom is 0.435 e. The van der Waals surface area contributed by atoms with Crippen LogP contribution in [0.1, 0.15) is 61.5 Å². The summed E-state index contributed by atoms with van der Waals surface area (Å²) in [5.41, 5.74) is 1.91. The highest BCUT2D eigenvalue weighted by Crippen LogP contribution is 2.42. The number of para-hydroxylation sites is 2. The molecule has 8 nitrogen and oxygen atoms in total. The third kappa shape index (κ3) is 7.61. The fraction of sp³-hybridized carbons (Fsp3) is 0.485. The molecule has 2 heterocycles. The van der Waals surface area contributed by atoms with E-state index in [0.717, 1.165) is 42.1 Å². The van der Waals surface area contributed by atoms with Gasteiger partial charge in [-0.2, -0.15) is 18.3 Å². The Labute approximate surface area is 256 Å². The van der Waals surface area contributed by atoms with E-state index in [2.05, 4.69) is 23.8 Å². The molecule has 0 atom stereocenters. The topological polar surface area (TPSA) is 70.9 Å². The van der Waals surface area contributed by atoms with Crippen molar-refractivity contribution in [1.29, 1.82) is 0 Å². The molecule has 2 aromatic carbocycles. The number of ether oxygens (including phenoxy) is 1. The van der Waals surface area contributed by atoms with E-state index in [0.29, 0.717) is 37.6 Å². The first-order valence-electron chi connectivity index (χ1n) is 15.2. The Balaban J connectivity index is 1.44. The number of amides is 2. The molecule has 2 amide bonds. The molecule has 44 heavy (non-hydrogen) atoms. The number of alkyl halides is 3. The number of aromatic nitrogens is 2. The normalized spacial score (nSPS) is 16.9. The Morgan fingerprint density at radius 2 is 1.73 bits per heavy atom. The molecule has 1 saturated carbocycles. The van der Waals surface area contributed by atoms with Crippen LogP contribution in [0, 0.1) is 6.92 Å². The molecule has 0 saturated heterocycles. The second kappa shape index (κ2) is 13.4. The van der Waals surface area contributed by atoms with Gasteiger partial charge in [-0.3, -0.25) is 19.2 Å². The number of carbonyl (C=O) groups excluding carboxylic acids is 2. The average Bonchev–Trinajstić information content (AvgIpc) is 3.74. The van der Waals surface area contributed by atoms with Crippen LogP contribution in [-0.4, -0.2) is 70.2 Å². The first-order valence-corrected chi connectivity index (χ1v) is 15.2. The maximum atomic E-state index is 13.9. The van der Waals surface area contributed by atoms with Crippen LogP contribution in [-0.2, 0) is 28.9 Å². The molecule has 1 aliphatic heterocycles. The van der Waals surface area contributed by atoms with Crippen LogP contribution >= 0.6 is 0 Å². The SMILES string of the molecule is Cc1cccc2c1N(C(=O)COc1ccccc1)CCCN(C(C)C)CCN(C(=O)Cn1nc(C(F)(F)F)cc1C1CC1)C2. The van der Waals surface area contributed by atoms with Gasteiger partial charge in [0.2, 0.25) is 5.91 Å². The van der Waals surface area contributed by atoms with Gasteiger partial charge in [0, 0.05) is 50.4 Å². The maximum absolute atomic E-state index is 13.9. The van der Waals surface area contributed by atoms with Crippen LogP contribution in [0.4, 0.5) is 18.9 Å². The molecule has 2 aliphatic rings. The Hall–Kier alpha value is -3.86. The zero-order chi connectivity index (χ0) is 31.4. The minimum Gasteiger partial charge on any atom is -0.484 e. The first kappa shape index (κ1) is 31.6. The molecule has 5 rings (SSSR count). The van der Waals surface area contributed by atoms with Crippen molar-refractivity contribution in [2.45, 2.75) is 71.3 Å². The van der Waals surface area contributed by atoms with Crippen molar-refractivity contribution in [3.05, 3.63) is 77.1 Å². The fourth-order valence-electron chi connectivity index (χ4n) is 5.77. The minimum atomic E-state index is -4.58. The summed E-state index contributed by atoms with van der Waals surface area (Å²) < 4.78 is 47.7. The number of aryl methyl sites for hydroxylation is 1. The summed E-state index contributed by atoms with van der Waals surface area (Å²) in [5.74, 6) is 0.0862. The molecule has 3 aromatic rings. The van der Waals surface area contributed by atoms with Crippen molar-refractivity contribution in [3.8, 4) is 5.75 Å². The Morgan fingerprint density at radius 1 is 0.977 bits per heavy atom. The number of nitrogens with zero attached hydrogens (tertiary/aromatic N) is 5. The summed E-state index contributed by atoms with van der Waals surface area (Å²) >= 11 is 0. The smallest absolute Gasteiger partial charge is 0.435 e. The van der Waals surface area contributed by atoms with Gasteiger partial charge in [0.25, 0.3) is 5.91 Å². The number of anilines is 1. The Bertz CT molecular complexity index is 1450. The monoisotopic (exact) mass is 611 g/mol. The molecule has 236 valence electrons. The fourth-order valence-corrected chi connectivity index (χ4v) is 5.77. The highest BCUT2D eigenvalue weighted by atomic mass is 19.4. The molecule has 1 aromatic heterocycles. The zero-order valence-corrected chi connectivity index (χ0v) is 25.5. The number of fused-ring (bicyclic) bond motifs is 1. The molecule has 0 bridgehead atoms. The van der Waals surface area contributed by atoms with Gasteiger partial charge in [-0.15, -0.1) is 0 Å². The second-order valence-electron chi connectivity index (χ2n) is 11.9. The van der Waals surface area contributed by atoms with E-state index in [9.17, 15) is 22.8 Å². The Morgan fingerprint density at radius 3 is 2.41 bits per heavy atom. The van der Waals surface area contributed by atoms with E-state index in [1.54, 1.807) is 21.9 Å². The lowest BCUT2D eigenvalue weighted by atomic mass is 10.1. The number of carbonyl (C=O) groups is 2. The average molecular weight is 612 g/mol. The van der Waals surface area contributed by atoms with Crippen molar-refractivity contribution in [1.82, 2.24) is 19.6 Å². The van der Waals surface area contributed by atoms with Gasteiger partial charge in [-0.1, -0.05) is 36.4 Å². The summed E-state index contributed by atoms with van der Waals surface area (Å²) in [6.07, 6.45) is -2.29. The van der Waals surface area contributed by atoms with E-state index < -0.39 is 11.9 Å². The molecule has 0 unspecified atom stereocenters. The van der Waals surface area contributed by atoms with E-state index in [1.807, 2.05) is 43.3 Å². The predicted molar refractivity (Wildman–Crippen MR) is 161 cm³/mol. The number of benzene rings is 2. The lowest BCUT2D eigenvalue weighted by molar-refractivity contribution is -0.142. The predicted octanol–water partition coefficient (Wildman–Crippen LogP) is 5.64. The van der Waals surface area contributed by atoms with Crippen LogP contribution < -0.4 is 9.64 Å². The van der Waals surface area contributed by atoms with Gasteiger partial charge < -0.3 is 14.5 Å². The molecular weight excluding hydrogens is 571 g/mol. The van der Waals surface area contributed by atoms with Gasteiger partial charge in [0.05, 0.1) is 5.69 Å². The molecule has 1 aliphatic carbocycles. The first-order chi connectivity index (χ1) is 21.0. The second-order valence-corrected chi connectivity index (χ2v) is 11.9.